The lowest BCUT2D eigenvalue weighted by molar-refractivity contribution is 0.281. The molecule has 0 unspecified atom stereocenters. The Kier molecular flexibility index (Phi) is 3.76. The van der Waals surface area contributed by atoms with Crippen molar-refractivity contribution in [1.82, 2.24) is 4.57 Å². The fourth-order valence-electron chi connectivity index (χ4n) is 1.72. The van der Waals surface area contributed by atoms with Crippen LogP contribution in [0.25, 0.3) is 0 Å². The predicted molar refractivity (Wildman–Crippen MR) is 59.3 cm³/mol. The first-order valence-corrected chi connectivity index (χ1v) is 5.34. The number of hydrogen-bond donors (Lipinski definition) is 1. The van der Waals surface area contributed by atoms with E-state index in [1.165, 1.54) is 5.69 Å². The van der Waals surface area contributed by atoms with Crippen molar-refractivity contribution in [2.45, 2.75) is 46.8 Å². The molecule has 0 aliphatic rings. The second-order valence-electron chi connectivity index (χ2n) is 4.63. The van der Waals surface area contributed by atoms with Gasteiger partial charge in [-0.05, 0) is 23.5 Å². The Hall–Kier alpha value is -0.760. The maximum Gasteiger partial charge on any atom is 0.0696 e. The molecule has 2 heteroatoms. The number of aliphatic hydroxyl groups is 1. The molecular weight excluding hydrogens is 174 g/mol. The van der Waals surface area contributed by atoms with Crippen molar-refractivity contribution in [2.24, 2.45) is 5.92 Å². The van der Waals surface area contributed by atoms with Gasteiger partial charge in [0.1, 0.15) is 0 Å². The quantitative estimate of drug-likeness (QED) is 0.785. The van der Waals surface area contributed by atoms with Gasteiger partial charge in [-0.15, -0.1) is 0 Å². The largest absolute Gasteiger partial charge is 0.392 e. The lowest BCUT2D eigenvalue weighted by Gasteiger charge is -2.13. The number of rotatable bonds is 4. The van der Waals surface area contributed by atoms with E-state index in [1.54, 1.807) is 0 Å². The van der Waals surface area contributed by atoms with E-state index in [0.717, 1.165) is 12.1 Å². The summed E-state index contributed by atoms with van der Waals surface area (Å²) in [5.41, 5.74) is 2.34. The fraction of sp³-hybridized carbons (Fsp3) is 0.667. The average Bonchev–Trinajstić information content (AvgIpc) is 2.46. The summed E-state index contributed by atoms with van der Waals surface area (Å²) >= 11 is 0. The van der Waals surface area contributed by atoms with Gasteiger partial charge in [-0.25, -0.2) is 0 Å². The molecular formula is C12H21NO. The van der Waals surface area contributed by atoms with Gasteiger partial charge in [0, 0.05) is 18.4 Å². The van der Waals surface area contributed by atoms with Crippen molar-refractivity contribution in [2.75, 3.05) is 0 Å². The van der Waals surface area contributed by atoms with E-state index in [-0.39, 0.29) is 6.61 Å². The van der Waals surface area contributed by atoms with Crippen LogP contribution in [0.3, 0.4) is 0 Å². The summed E-state index contributed by atoms with van der Waals surface area (Å²) in [6.45, 7) is 9.98. The van der Waals surface area contributed by atoms with Gasteiger partial charge in [-0.3, -0.25) is 0 Å². The van der Waals surface area contributed by atoms with E-state index in [0.29, 0.717) is 11.8 Å². The van der Waals surface area contributed by atoms with Gasteiger partial charge in [-0.2, -0.15) is 0 Å². The summed E-state index contributed by atoms with van der Waals surface area (Å²) in [7, 11) is 0. The van der Waals surface area contributed by atoms with Crippen LogP contribution in [0.2, 0.25) is 0 Å². The standard InChI is InChI=1S/C12H21NO/c1-9(2)6-13-7-11(8-14)5-12(13)10(3)4/h5,7,9-10,14H,6,8H2,1-4H3. The van der Waals surface area contributed by atoms with E-state index in [4.69, 9.17) is 5.11 Å². The Labute approximate surface area is 86.6 Å². The van der Waals surface area contributed by atoms with Crippen molar-refractivity contribution in [3.05, 3.63) is 23.5 Å². The molecule has 1 aromatic heterocycles. The van der Waals surface area contributed by atoms with Gasteiger partial charge in [-0.1, -0.05) is 27.7 Å². The van der Waals surface area contributed by atoms with Gasteiger partial charge in [0.2, 0.25) is 0 Å². The van der Waals surface area contributed by atoms with Crippen LogP contribution in [-0.2, 0) is 13.2 Å². The summed E-state index contributed by atoms with van der Waals surface area (Å²) in [6, 6.07) is 2.10. The molecule has 0 radical (unpaired) electrons. The third-order valence-electron chi connectivity index (χ3n) is 2.32. The van der Waals surface area contributed by atoms with Crippen LogP contribution in [0.15, 0.2) is 12.3 Å². The Balaban J connectivity index is 2.93. The van der Waals surface area contributed by atoms with Crippen LogP contribution in [-0.4, -0.2) is 9.67 Å². The summed E-state index contributed by atoms with van der Waals surface area (Å²) in [4.78, 5) is 0. The van der Waals surface area contributed by atoms with Crippen LogP contribution in [0.4, 0.5) is 0 Å². The van der Waals surface area contributed by atoms with E-state index < -0.39 is 0 Å². The maximum absolute atomic E-state index is 9.08. The maximum atomic E-state index is 9.08. The van der Waals surface area contributed by atoms with Crippen molar-refractivity contribution in [3.63, 3.8) is 0 Å². The first-order valence-electron chi connectivity index (χ1n) is 5.34. The molecule has 0 aromatic carbocycles. The molecule has 0 aliphatic heterocycles. The topological polar surface area (TPSA) is 25.2 Å². The number of nitrogens with zero attached hydrogens (tertiary/aromatic N) is 1. The predicted octanol–water partition coefficient (Wildman–Crippen LogP) is 2.76. The van der Waals surface area contributed by atoms with Crippen LogP contribution < -0.4 is 0 Å². The second kappa shape index (κ2) is 4.65. The van der Waals surface area contributed by atoms with Gasteiger partial charge < -0.3 is 9.67 Å². The zero-order chi connectivity index (χ0) is 10.7. The molecule has 0 aliphatic carbocycles. The van der Waals surface area contributed by atoms with Crippen molar-refractivity contribution in [1.29, 1.82) is 0 Å². The van der Waals surface area contributed by atoms with Crippen LogP contribution in [0.1, 0.15) is 44.9 Å². The van der Waals surface area contributed by atoms with Crippen molar-refractivity contribution >= 4 is 0 Å². The molecule has 0 spiro atoms. The molecule has 0 fully saturated rings. The van der Waals surface area contributed by atoms with Crippen LogP contribution >= 0.6 is 0 Å². The highest BCUT2D eigenvalue weighted by Gasteiger charge is 2.09. The van der Waals surface area contributed by atoms with Gasteiger partial charge >= 0.3 is 0 Å². The fourth-order valence-corrected chi connectivity index (χ4v) is 1.72. The lowest BCUT2D eigenvalue weighted by Crippen LogP contribution is -2.07. The molecule has 2 nitrogen and oxygen atoms in total. The van der Waals surface area contributed by atoms with E-state index in [9.17, 15) is 0 Å². The summed E-state index contributed by atoms with van der Waals surface area (Å²) in [6.07, 6.45) is 2.06. The highest BCUT2D eigenvalue weighted by molar-refractivity contribution is 5.20. The van der Waals surface area contributed by atoms with E-state index in [2.05, 4.69) is 44.5 Å². The summed E-state index contributed by atoms with van der Waals surface area (Å²) < 4.78 is 2.26. The SMILES string of the molecule is CC(C)Cn1cc(CO)cc1C(C)C. The first-order chi connectivity index (χ1) is 6.54. The molecule has 0 bridgehead atoms. The van der Waals surface area contributed by atoms with Crippen LogP contribution in [0, 0.1) is 5.92 Å². The number of aliphatic hydroxyl groups excluding tert-OH is 1. The lowest BCUT2D eigenvalue weighted by atomic mass is 10.1. The minimum Gasteiger partial charge on any atom is -0.392 e. The third kappa shape index (κ3) is 2.61. The number of aromatic nitrogens is 1. The molecule has 0 amide bonds. The molecule has 0 atom stereocenters. The van der Waals surface area contributed by atoms with Gasteiger partial charge in [0.15, 0.2) is 0 Å². The van der Waals surface area contributed by atoms with E-state index in [1.807, 2.05) is 0 Å². The highest BCUT2D eigenvalue weighted by atomic mass is 16.3. The minimum absolute atomic E-state index is 0.144. The van der Waals surface area contributed by atoms with Crippen molar-refractivity contribution < 1.29 is 5.11 Å². The monoisotopic (exact) mass is 195 g/mol. The smallest absolute Gasteiger partial charge is 0.0696 e. The summed E-state index contributed by atoms with van der Waals surface area (Å²) in [5, 5.41) is 9.08. The van der Waals surface area contributed by atoms with Gasteiger partial charge in [0.25, 0.3) is 0 Å². The zero-order valence-electron chi connectivity index (χ0n) is 9.62. The highest BCUT2D eigenvalue weighted by Crippen LogP contribution is 2.19. The molecule has 1 heterocycles. The normalized spacial score (nSPS) is 11.6. The van der Waals surface area contributed by atoms with Crippen LogP contribution in [0.5, 0.6) is 0 Å². The Morgan fingerprint density at radius 3 is 2.36 bits per heavy atom. The molecule has 1 N–H and O–H groups in total. The molecule has 0 saturated heterocycles. The Morgan fingerprint density at radius 1 is 1.29 bits per heavy atom. The average molecular weight is 195 g/mol. The van der Waals surface area contributed by atoms with Gasteiger partial charge in [0.05, 0.1) is 6.61 Å². The number of hydrogen-bond acceptors (Lipinski definition) is 1. The first kappa shape index (κ1) is 11.3. The Bertz CT molecular complexity index is 287. The summed E-state index contributed by atoms with van der Waals surface area (Å²) in [5.74, 6) is 1.17. The minimum atomic E-state index is 0.144. The molecule has 0 saturated carbocycles. The van der Waals surface area contributed by atoms with Crippen molar-refractivity contribution in [3.8, 4) is 0 Å². The zero-order valence-corrected chi connectivity index (χ0v) is 9.62. The molecule has 14 heavy (non-hydrogen) atoms. The Morgan fingerprint density at radius 2 is 1.93 bits per heavy atom. The molecule has 1 aromatic rings. The molecule has 1 rings (SSSR count). The second-order valence-corrected chi connectivity index (χ2v) is 4.63. The third-order valence-corrected chi connectivity index (χ3v) is 2.32. The molecule has 80 valence electrons. The van der Waals surface area contributed by atoms with E-state index >= 15 is 0 Å².